The van der Waals surface area contributed by atoms with Crippen molar-refractivity contribution >= 4 is 11.9 Å². The Balaban J connectivity index is 2.72. The van der Waals surface area contributed by atoms with Crippen LogP contribution < -0.4 is 10.1 Å². The molecule has 0 saturated carbocycles. The SMILES string of the molecule is CC[C@H](C)NC(=O)COc1c(C)cccc1C(=O)O. The van der Waals surface area contributed by atoms with Crippen LogP contribution in [0.3, 0.4) is 0 Å². The van der Waals surface area contributed by atoms with Gasteiger partial charge in [-0.2, -0.15) is 0 Å². The fourth-order valence-corrected chi connectivity index (χ4v) is 1.57. The molecule has 104 valence electrons. The molecule has 0 heterocycles. The molecule has 5 heteroatoms. The maximum absolute atomic E-state index is 11.6. The molecule has 1 atom stereocenters. The minimum absolute atomic E-state index is 0.0661. The standard InChI is InChI=1S/C14H19NO4/c1-4-10(3)15-12(16)8-19-13-9(2)6-5-7-11(13)14(17)18/h5-7,10H,4,8H2,1-3H3,(H,15,16)(H,17,18)/t10-/m0/s1. The third-order valence-corrected chi connectivity index (χ3v) is 2.81. The van der Waals surface area contributed by atoms with Crippen molar-refractivity contribution in [1.29, 1.82) is 0 Å². The van der Waals surface area contributed by atoms with Crippen molar-refractivity contribution in [3.63, 3.8) is 0 Å². The molecule has 0 radical (unpaired) electrons. The van der Waals surface area contributed by atoms with E-state index in [1.807, 2.05) is 13.8 Å². The average molecular weight is 265 g/mol. The van der Waals surface area contributed by atoms with Gasteiger partial charge in [0.15, 0.2) is 6.61 Å². The van der Waals surface area contributed by atoms with Gasteiger partial charge in [0.05, 0.1) is 0 Å². The van der Waals surface area contributed by atoms with Crippen molar-refractivity contribution in [3.05, 3.63) is 29.3 Å². The van der Waals surface area contributed by atoms with Crippen molar-refractivity contribution in [2.45, 2.75) is 33.2 Å². The number of hydrogen-bond donors (Lipinski definition) is 2. The fraction of sp³-hybridized carbons (Fsp3) is 0.429. The molecule has 0 spiro atoms. The number of aryl methyl sites for hydroxylation is 1. The monoisotopic (exact) mass is 265 g/mol. The number of ether oxygens (including phenoxy) is 1. The summed E-state index contributed by atoms with van der Waals surface area (Å²) in [7, 11) is 0. The van der Waals surface area contributed by atoms with Crippen LogP contribution in [0, 0.1) is 6.92 Å². The highest BCUT2D eigenvalue weighted by atomic mass is 16.5. The van der Waals surface area contributed by atoms with E-state index in [-0.39, 0.29) is 29.9 Å². The van der Waals surface area contributed by atoms with E-state index >= 15 is 0 Å². The topological polar surface area (TPSA) is 75.6 Å². The summed E-state index contributed by atoms with van der Waals surface area (Å²) in [5.41, 5.74) is 0.757. The van der Waals surface area contributed by atoms with Gasteiger partial charge in [-0.15, -0.1) is 0 Å². The van der Waals surface area contributed by atoms with E-state index in [9.17, 15) is 9.59 Å². The molecule has 19 heavy (non-hydrogen) atoms. The van der Waals surface area contributed by atoms with Gasteiger partial charge in [0.2, 0.25) is 0 Å². The maximum Gasteiger partial charge on any atom is 0.339 e. The van der Waals surface area contributed by atoms with E-state index in [1.54, 1.807) is 19.1 Å². The molecule has 2 N–H and O–H groups in total. The molecule has 0 aliphatic heterocycles. The van der Waals surface area contributed by atoms with Gasteiger partial charge in [-0.1, -0.05) is 19.1 Å². The second kappa shape index (κ2) is 6.78. The second-order valence-electron chi connectivity index (χ2n) is 4.42. The number of carboxylic acids is 1. The van der Waals surface area contributed by atoms with Crippen molar-refractivity contribution < 1.29 is 19.4 Å². The molecule has 0 aliphatic rings. The van der Waals surface area contributed by atoms with Gasteiger partial charge in [-0.25, -0.2) is 4.79 Å². The van der Waals surface area contributed by atoms with Crippen molar-refractivity contribution in [2.75, 3.05) is 6.61 Å². The number of nitrogens with one attached hydrogen (secondary N) is 1. The molecule has 0 fully saturated rings. The first-order valence-electron chi connectivity index (χ1n) is 6.20. The predicted molar refractivity (Wildman–Crippen MR) is 71.5 cm³/mol. The van der Waals surface area contributed by atoms with Crippen molar-refractivity contribution in [2.24, 2.45) is 0 Å². The van der Waals surface area contributed by atoms with Gasteiger partial charge >= 0.3 is 5.97 Å². The Morgan fingerprint density at radius 3 is 2.68 bits per heavy atom. The fourth-order valence-electron chi connectivity index (χ4n) is 1.57. The Bertz CT molecular complexity index is 471. The number of carboxylic acid groups (broad SMARTS) is 1. The minimum atomic E-state index is -1.07. The number of amides is 1. The van der Waals surface area contributed by atoms with E-state index in [2.05, 4.69) is 5.32 Å². The van der Waals surface area contributed by atoms with E-state index in [4.69, 9.17) is 9.84 Å². The van der Waals surface area contributed by atoms with Crippen LogP contribution in [0.5, 0.6) is 5.75 Å². The number of carbonyl (C=O) groups is 2. The van der Waals surface area contributed by atoms with Crippen LogP contribution in [-0.2, 0) is 4.79 Å². The number of para-hydroxylation sites is 1. The third-order valence-electron chi connectivity index (χ3n) is 2.81. The molecule has 5 nitrogen and oxygen atoms in total. The molecular formula is C14H19NO4. The normalized spacial score (nSPS) is 11.7. The van der Waals surface area contributed by atoms with Crippen LogP contribution in [0.15, 0.2) is 18.2 Å². The highest BCUT2D eigenvalue weighted by Gasteiger charge is 2.15. The molecule has 0 bridgehead atoms. The lowest BCUT2D eigenvalue weighted by Gasteiger charge is -2.14. The summed E-state index contributed by atoms with van der Waals surface area (Å²) in [6.45, 7) is 5.42. The zero-order valence-corrected chi connectivity index (χ0v) is 11.4. The second-order valence-corrected chi connectivity index (χ2v) is 4.42. The lowest BCUT2D eigenvalue weighted by Crippen LogP contribution is -2.35. The number of benzene rings is 1. The molecule has 0 unspecified atom stereocenters. The molecule has 1 amide bonds. The molecule has 0 saturated heterocycles. The molecule has 0 aliphatic carbocycles. The van der Waals surface area contributed by atoms with Crippen LogP contribution in [0.4, 0.5) is 0 Å². The van der Waals surface area contributed by atoms with Gasteiger partial charge in [0.1, 0.15) is 11.3 Å². The first-order valence-corrected chi connectivity index (χ1v) is 6.20. The van der Waals surface area contributed by atoms with E-state index in [0.29, 0.717) is 5.56 Å². The third kappa shape index (κ3) is 4.28. The van der Waals surface area contributed by atoms with Crippen LogP contribution in [0.1, 0.15) is 36.2 Å². The average Bonchev–Trinajstić information content (AvgIpc) is 2.36. The Hall–Kier alpha value is -2.04. The zero-order chi connectivity index (χ0) is 14.4. The molecular weight excluding hydrogens is 246 g/mol. The lowest BCUT2D eigenvalue weighted by molar-refractivity contribution is -0.123. The van der Waals surface area contributed by atoms with Crippen LogP contribution >= 0.6 is 0 Å². The number of rotatable bonds is 6. The zero-order valence-electron chi connectivity index (χ0n) is 11.4. The first kappa shape index (κ1) is 15.0. The summed E-state index contributed by atoms with van der Waals surface area (Å²) in [6.07, 6.45) is 0.830. The summed E-state index contributed by atoms with van der Waals surface area (Å²) in [5.74, 6) is -1.08. The number of hydrogen-bond acceptors (Lipinski definition) is 3. The van der Waals surface area contributed by atoms with Crippen molar-refractivity contribution in [1.82, 2.24) is 5.32 Å². The maximum atomic E-state index is 11.6. The Kier molecular flexibility index (Phi) is 5.36. The quantitative estimate of drug-likeness (QED) is 0.824. The summed E-state index contributed by atoms with van der Waals surface area (Å²) in [4.78, 5) is 22.7. The summed E-state index contributed by atoms with van der Waals surface area (Å²) >= 11 is 0. The summed E-state index contributed by atoms with van der Waals surface area (Å²) in [5, 5.41) is 11.8. The van der Waals surface area contributed by atoms with E-state index in [0.717, 1.165) is 6.42 Å². The van der Waals surface area contributed by atoms with Gasteiger partial charge in [0.25, 0.3) is 5.91 Å². The molecule has 1 rings (SSSR count). The van der Waals surface area contributed by atoms with Gasteiger partial charge in [-0.3, -0.25) is 4.79 Å². The number of carbonyl (C=O) groups excluding carboxylic acids is 1. The Morgan fingerprint density at radius 1 is 1.42 bits per heavy atom. The largest absolute Gasteiger partial charge is 0.483 e. The van der Waals surface area contributed by atoms with E-state index in [1.165, 1.54) is 6.07 Å². The van der Waals surface area contributed by atoms with Gasteiger partial charge in [0, 0.05) is 6.04 Å². The van der Waals surface area contributed by atoms with Gasteiger partial charge < -0.3 is 15.2 Å². The minimum Gasteiger partial charge on any atom is -0.483 e. The van der Waals surface area contributed by atoms with E-state index < -0.39 is 5.97 Å². The number of aromatic carboxylic acids is 1. The highest BCUT2D eigenvalue weighted by molar-refractivity contribution is 5.91. The molecule has 1 aromatic rings. The smallest absolute Gasteiger partial charge is 0.339 e. The van der Waals surface area contributed by atoms with Crippen LogP contribution in [0.2, 0.25) is 0 Å². The Labute approximate surface area is 112 Å². The van der Waals surface area contributed by atoms with Crippen LogP contribution in [0.25, 0.3) is 0 Å². The molecule has 0 aromatic heterocycles. The predicted octanol–water partition coefficient (Wildman–Crippen LogP) is 1.99. The first-order chi connectivity index (χ1) is 8.95. The summed E-state index contributed by atoms with van der Waals surface area (Å²) in [6, 6.07) is 4.92. The Morgan fingerprint density at radius 2 is 2.11 bits per heavy atom. The molecule has 1 aromatic carbocycles. The van der Waals surface area contributed by atoms with Crippen LogP contribution in [-0.4, -0.2) is 29.6 Å². The van der Waals surface area contributed by atoms with Crippen molar-refractivity contribution in [3.8, 4) is 5.75 Å². The summed E-state index contributed by atoms with van der Waals surface area (Å²) < 4.78 is 5.34. The highest BCUT2D eigenvalue weighted by Crippen LogP contribution is 2.23. The lowest BCUT2D eigenvalue weighted by atomic mass is 10.1. The van der Waals surface area contributed by atoms with Gasteiger partial charge in [-0.05, 0) is 31.9 Å².